The number of benzene rings is 1. The van der Waals surface area contributed by atoms with Gasteiger partial charge in [-0.05, 0) is 80.1 Å². The highest BCUT2D eigenvalue weighted by Crippen LogP contribution is 2.36. The fraction of sp³-hybridized carbons (Fsp3) is 0.708. The molecule has 0 spiro atoms. The summed E-state index contributed by atoms with van der Waals surface area (Å²) in [5.41, 5.74) is 4.78. The second kappa shape index (κ2) is 8.77. The van der Waals surface area contributed by atoms with Crippen molar-refractivity contribution in [2.45, 2.75) is 77.7 Å². The van der Waals surface area contributed by atoms with Crippen molar-refractivity contribution in [1.29, 1.82) is 0 Å². The van der Waals surface area contributed by atoms with Crippen molar-refractivity contribution in [2.24, 2.45) is 17.8 Å². The fourth-order valence-electron chi connectivity index (χ4n) is 5.82. The lowest BCUT2D eigenvalue weighted by molar-refractivity contribution is 0.0965. The Morgan fingerprint density at radius 2 is 1.85 bits per heavy atom. The zero-order valence-corrected chi connectivity index (χ0v) is 17.0. The first-order chi connectivity index (χ1) is 13.2. The zero-order valence-electron chi connectivity index (χ0n) is 17.0. The maximum absolute atomic E-state index is 12.0. The Morgan fingerprint density at radius 3 is 2.63 bits per heavy atom. The van der Waals surface area contributed by atoms with E-state index in [-0.39, 0.29) is 5.91 Å². The number of hydrogen-bond donors (Lipinski definition) is 2. The second-order valence-corrected chi connectivity index (χ2v) is 9.26. The monoisotopic (exact) mass is 368 g/mol. The molecule has 1 saturated heterocycles. The van der Waals surface area contributed by atoms with Gasteiger partial charge in [-0.1, -0.05) is 50.7 Å². The maximum Gasteiger partial charge on any atom is 0.252 e. The van der Waals surface area contributed by atoms with E-state index in [0.717, 1.165) is 23.3 Å². The number of carbonyl (C=O) groups excluding carboxylic acids is 1. The number of nitrogens with one attached hydrogen (secondary N) is 2. The van der Waals surface area contributed by atoms with Gasteiger partial charge in [0.05, 0.1) is 0 Å². The summed E-state index contributed by atoms with van der Waals surface area (Å²) in [4.78, 5) is 12.0. The average molecular weight is 369 g/mol. The number of aryl methyl sites for hydroxylation is 1. The van der Waals surface area contributed by atoms with Crippen LogP contribution in [0, 0.1) is 24.7 Å². The molecular formula is C24H36N2O. The van der Waals surface area contributed by atoms with Crippen molar-refractivity contribution in [3.05, 3.63) is 34.4 Å². The highest BCUT2D eigenvalue weighted by Gasteiger charge is 2.27. The van der Waals surface area contributed by atoms with Crippen LogP contribution < -0.4 is 10.6 Å². The number of hydrogen-bond acceptors (Lipinski definition) is 2. The maximum atomic E-state index is 12.0. The molecule has 2 fully saturated rings. The number of carbonyl (C=O) groups is 1. The van der Waals surface area contributed by atoms with Gasteiger partial charge in [0, 0.05) is 12.1 Å². The van der Waals surface area contributed by atoms with Crippen molar-refractivity contribution < 1.29 is 4.79 Å². The first-order valence-electron chi connectivity index (χ1n) is 11.3. The molecule has 148 valence electrons. The highest BCUT2D eigenvalue weighted by atomic mass is 16.1. The van der Waals surface area contributed by atoms with Crippen LogP contribution in [-0.4, -0.2) is 19.0 Å². The largest absolute Gasteiger partial charge is 0.348 e. The average Bonchev–Trinajstić information content (AvgIpc) is 3.08. The molecule has 4 rings (SSSR count). The number of fused-ring (bicyclic) bond motifs is 1. The fourth-order valence-corrected chi connectivity index (χ4v) is 5.82. The standard InChI is InChI=1S/C24H36N2O/c1-17-13-19(15-22-16-26-24(27)23(17)22)14-21(20-5-3-2-4-6-20)8-7-18-9-11-25-12-10-18/h13,15,18,20-21,25H,2-12,14,16H2,1H3,(H,26,27). The van der Waals surface area contributed by atoms with Crippen LogP contribution in [-0.2, 0) is 13.0 Å². The van der Waals surface area contributed by atoms with E-state index in [9.17, 15) is 4.79 Å². The lowest BCUT2D eigenvalue weighted by atomic mass is 9.74. The van der Waals surface area contributed by atoms with Crippen LogP contribution in [0.1, 0.15) is 84.8 Å². The highest BCUT2D eigenvalue weighted by molar-refractivity contribution is 5.99. The van der Waals surface area contributed by atoms with Crippen LogP contribution in [0.3, 0.4) is 0 Å². The summed E-state index contributed by atoms with van der Waals surface area (Å²) in [7, 11) is 0. The van der Waals surface area contributed by atoms with E-state index < -0.39 is 0 Å². The van der Waals surface area contributed by atoms with Crippen molar-refractivity contribution in [3.8, 4) is 0 Å². The Hall–Kier alpha value is -1.35. The molecule has 2 N–H and O–H groups in total. The van der Waals surface area contributed by atoms with Gasteiger partial charge in [-0.15, -0.1) is 0 Å². The lowest BCUT2D eigenvalue weighted by Crippen LogP contribution is -2.28. The Morgan fingerprint density at radius 1 is 1.07 bits per heavy atom. The van der Waals surface area contributed by atoms with Crippen molar-refractivity contribution in [1.82, 2.24) is 10.6 Å². The summed E-state index contributed by atoms with van der Waals surface area (Å²) in [6.45, 7) is 5.25. The third kappa shape index (κ3) is 4.56. The van der Waals surface area contributed by atoms with Crippen LogP contribution in [0.5, 0.6) is 0 Å². The number of rotatable bonds is 6. The molecule has 0 radical (unpaired) electrons. The summed E-state index contributed by atoms with van der Waals surface area (Å²) >= 11 is 0. The Kier molecular flexibility index (Phi) is 6.17. The molecule has 27 heavy (non-hydrogen) atoms. The molecule has 1 amide bonds. The summed E-state index contributed by atoms with van der Waals surface area (Å²) in [6, 6.07) is 4.62. The molecular weight excluding hydrogens is 332 g/mol. The van der Waals surface area contributed by atoms with Crippen molar-refractivity contribution in [3.63, 3.8) is 0 Å². The van der Waals surface area contributed by atoms with Gasteiger partial charge in [-0.25, -0.2) is 0 Å². The van der Waals surface area contributed by atoms with Crippen molar-refractivity contribution >= 4 is 5.91 Å². The predicted molar refractivity (Wildman–Crippen MR) is 111 cm³/mol. The van der Waals surface area contributed by atoms with E-state index in [1.54, 1.807) is 0 Å². The molecule has 1 saturated carbocycles. The van der Waals surface area contributed by atoms with E-state index in [0.29, 0.717) is 6.54 Å². The van der Waals surface area contributed by atoms with Gasteiger partial charge in [0.2, 0.25) is 0 Å². The van der Waals surface area contributed by atoms with Crippen LogP contribution in [0.4, 0.5) is 0 Å². The SMILES string of the molecule is Cc1cc(CC(CCC2CCNCC2)C2CCCCC2)cc2c1C(=O)NC2. The zero-order chi connectivity index (χ0) is 18.6. The molecule has 1 aliphatic carbocycles. The van der Waals surface area contributed by atoms with E-state index in [4.69, 9.17) is 0 Å². The smallest absolute Gasteiger partial charge is 0.252 e. The molecule has 3 aliphatic rings. The van der Waals surface area contributed by atoms with E-state index in [1.807, 2.05) is 0 Å². The van der Waals surface area contributed by atoms with Crippen LogP contribution >= 0.6 is 0 Å². The summed E-state index contributed by atoms with van der Waals surface area (Å²) in [5.74, 6) is 2.78. The lowest BCUT2D eigenvalue weighted by Gasteiger charge is -2.32. The Bertz CT molecular complexity index is 657. The quantitative estimate of drug-likeness (QED) is 0.760. The molecule has 1 atom stereocenters. The topological polar surface area (TPSA) is 41.1 Å². The van der Waals surface area contributed by atoms with Gasteiger partial charge >= 0.3 is 0 Å². The number of amides is 1. The minimum atomic E-state index is 0.115. The number of piperidine rings is 1. The summed E-state index contributed by atoms with van der Waals surface area (Å²) in [6.07, 6.45) is 13.9. The molecule has 1 unspecified atom stereocenters. The van der Waals surface area contributed by atoms with Crippen LogP contribution in [0.2, 0.25) is 0 Å². The molecule has 0 bridgehead atoms. The van der Waals surface area contributed by atoms with Gasteiger partial charge in [-0.3, -0.25) is 4.79 Å². The van der Waals surface area contributed by atoms with Gasteiger partial charge in [-0.2, -0.15) is 0 Å². The summed E-state index contributed by atoms with van der Waals surface area (Å²) in [5, 5.41) is 6.50. The molecule has 3 nitrogen and oxygen atoms in total. The Balaban J connectivity index is 1.46. The molecule has 1 aromatic rings. The normalized spacial score (nSPS) is 22.5. The third-order valence-corrected chi connectivity index (χ3v) is 7.36. The molecule has 2 heterocycles. The minimum Gasteiger partial charge on any atom is -0.348 e. The van der Waals surface area contributed by atoms with E-state index in [2.05, 4.69) is 29.7 Å². The van der Waals surface area contributed by atoms with Crippen molar-refractivity contribution in [2.75, 3.05) is 13.1 Å². The van der Waals surface area contributed by atoms with Gasteiger partial charge < -0.3 is 10.6 Å². The first kappa shape index (κ1) is 19.0. The van der Waals surface area contributed by atoms with E-state index >= 15 is 0 Å². The summed E-state index contributed by atoms with van der Waals surface area (Å²) < 4.78 is 0. The van der Waals surface area contributed by atoms with Crippen LogP contribution in [0.25, 0.3) is 0 Å². The molecule has 2 aliphatic heterocycles. The predicted octanol–water partition coefficient (Wildman–Crippen LogP) is 4.76. The van der Waals surface area contributed by atoms with Gasteiger partial charge in [0.25, 0.3) is 5.91 Å². The third-order valence-electron chi connectivity index (χ3n) is 7.36. The van der Waals surface area contributed by atoms with E-state index in [1.165, 1.54) is 94.0 Å². The molecule has 0 aromatic heterocycles. The van der Waals surface area contributed by atoms with Crippen LogP contribution in [0.15, 0.2) is 12.1 Å². The van der Waals surface area contributed by atoms with Gasteiger partial charge in [0.15, 0.2) is 0 Å². The minimum absolute atomic E-state index is 0.115. The second-order valence-electron chi connectivity index (χ2n) is 9.26. The van der Waals surface area contributed by atoms with Gasteiger partial charge in [0.1, 0.15) is 0 Å². The molecule has 1 aromatic carbocycles. The first-order valence-corrected chi connectivity index (χ1v) is 11.3. The Labute approximate surface area is 164 Å². The molecule has 3 heteroatoms.